The Balaban J connectivity index is 1.67. The molecule has 0 aromatic heterocycles. The molecule has 1 aliphatic rings. The lowest BCUT2D eigenvalue weighted by atomic mass is 10.1. The van der Waals surface area contributed by atoms with Crippen LogP contribution in [-0.4, -0.2) is 13.9 Å². The number of rotatable bonds is 5. The monoisotopic (exact) mass is 285 g/mol. The Bertz CT molecular complexity index is 627. The smallest absolute Gasteiger partial charge is 0.231 e. The summed E-state index contributed by atoms with van der Waals surface area (Å²) in [4.78, 5) is 0. The van der Waals surface area contributed by atoms with Crippen LogP contribution >= 0.6 is 0 Å². The van der Waals surface area contributed by atoms with E-state index in [0.29, 0.717) is 6.79 Å². The quantitative estimate of drug-likeness (QED) is 0.915. The van der Waals surface area contributed by atoms with E-state index in [1.165, 1.54) is 5.56 Å². The second-order valence-corrected chi connectivity index (χ2v) is 5.03. The highest BCUT2D eigenvalue weighted by molar-refractivity contribution is 5.45. The van der Waals surface area contributed by atoms with E-state index >= 15 is 0 Å². The van der Waals surface area contributed by atoms with Crippen molar-refractivity contribution in [1.29, 1.82) is 0 Å². The molecule has 1 heterocycles. The van der Waals surface area contributed by atoms with E-state index in [1.54, 1.807) is 7.11 Å². The van der Waals surface area contributed by atoms with Crippen LogP contribution in [0.5, 0.6) is 17.2 Å². The first-order valence-electron chi connectivity index (χ1n) is 7.03. The van der Waals surface area contributed by atoms with Crippen molar-refractivity contribution in [3.8, 4) is 17.2 Å². The minimum atomic E-state index is 0.212. The third-order valence-electron chi connectivity index (χ3n) is 3.69. The molecular weight excluding hydrogens is 266 g/mol. The van der Waals surface area contributed by atoms with Crippen LogP contribution < -0.4 is 19.5 Å². The Morgan fingerprint density at radius 3 is 2.81 bits per heavy atom. The van der Waals surface area contributed by atoms with Gasteiger partial charge in [0.15, 0.2) is 11.5 Å². The van der Waals surface area contributed by atoms with Gasteiger partial charge in [0.2, 0.25) is 6.79 Å². The van der Waals surface area contributed by atoms with Gasteiger partial charge in [0.05, 0.1) is 7.11 Å². The van der Waals surface area contributed by atoms with Crippen molar-refractivity contribution in [1.82, 2.24) is 5.32 Å². The summed E-state index contributed by atoms with van der Waals surface area (Å²) >= 11 is 0. The molecule has 0 saturated carbocycles. The summed E-state index contributed by atoms with van der Waals surface area (Å²) in [5.41, 5.74) is 2.32. The maximum atomic E-state index is 5.42. The average molecular weight is 285 g/mol. The first kappa shape index (κ1) is 13.8. The van der Waals surface area contributed by atoms with Crippen molar-refractivity contribution >= 4 is 0 Å². The van der Waals surface area contributed by atoms with E-state index < -0.39 is 0 Å². The van der Waals surface area contributed by atoms with E-state index in [-0.39, 0.29) is 6.04 Å². The molecule has 4 nitrogen and oxygen atoms in total. The number of para-hydroxylation sites is 1. The van der Waals surface area contributed by atoms with Crippen molar-refractivity contribution in [2.75, 3.05) is 13.9 Å². The maximum absolute atomic E-state index is 5.42. The molecule has 0 fully saturated rings. The minimum absolute atomic E-state index is 0.212. The van der Waals surface area contributed by atoms with Crippen LogP contribution in [0.4, 0.5) is 0 Å². The molecule has 2 aromatic carbocycles. The molecule has 0 amide bonds. The van der Waals surface area contributed by atoms with E-state index in [4.69, 9.17) is 14.2 Å². The molecule has 0 spiro atoms. The van der Waals surface area contributed by atoms with Crippen LogP contribution in [0.2, 0.25) is 0 Å². The molecule has 0 radical (unpaired) electrons. The number of hydrogen-bond acceptors (Lipinski definition) is 4. The normalized spacial score (nSPS) is 14.0. The first-order chi connectivity index (χ1) is 10.3. The highest BCUT2D eigenvalue weighted by Crippen LogP contribution is 2.34. The van der Waals surface area contributed by atoms with Crippen LogP contribution in [-0.2, 0) is 6.54 Å². The second-order valence-electron chi connectivity index (χ2n) is 5.03. The zero-order valence-electron chi connectivity index (χ0n) is 12.3. The van der Waals surface area contributed by atoms with Gasteiger partial charge < -0.3 is 19.5 Å². The van der Waals surface area contributed by atoms with Gasteiger partial charge in [-0.2, -0.15) is 0 Å². The van der Waals surface area contributed by atoms with Gasteiger partial charge in [-0.1, -0.05) is 24.3 Å². The van der Waals surface area contributed by atoms with Crippen molar-refractivity contribution in [2.24, 2.45) is 0 Å². The first-order valence-corrected chi connectivity index (χ1v) is 7.03. The molecule has 0 aliphatic carbocycles. The Kier molecular flexibility index (Phi) is 3.97. The van der Waals surface area contributed by atoms with Crippen molar-refractivity contribution in [2.45, 2.75) is 19.5 Å². The summed E-state index contributed by atoms with van der Waals surface area (Å²) in [7, 11) is 1.69. The zero-order valence-corrected chi connectivity index (χ0v) is 12.3. The zero-order chi connectivity index (χ0) is 14.7. The van der Waals surface area contributed by atoms with E-state index in [1.807, 2.05) is 30.3 Å². The average Bonchev–Trinajstić information content (AvgIpc) is 3.00. The van der Waals surface area contributed by atoms with Crippen LogP contribution in [0.25, 0.3) is 0 Å². The number of fused-ring (bicyclic) bond motifs is 1. The Morgan fingerprint density at radius 1 is 1.14 bits per heavy atom. The van der Waals surface area contributed by atoms with Gasteiger partial charge in [0.25, 0.3) is 0 Å². The molecule has 1 atom stereocenters. The van der Waals surface area contributed by atoms with Crippen molar-refractivity contribution in [3.05, 3.63) is 53.6 Å². The lowest BCUT2D eigenvalue weighted by molar-refractivity contribution is 0.174. The van der Waals surface area contributed by atoms with Crippen LogP contribution in [0, 0.1) is 0 Å². The molecule has 110 valence electrons. The summed E-state index contributed by atoms with van der Waals surface area (Å²) < 4.78 is 16.1. The summed E-state index contributed by atoms with van der Waals surface area (Å²) in [6, 6.07) is 14.3. The molecule has 0 unspecified atom stereocenters. The number of benzene rings is 2. The fourth-order valence-electron chi connectivity index (χ4n) is 2.41. The van der Waals surface area contributed by atoms with Crippen molar-refractivity contribution < 1.29 is 14.2 Å². The number of ether oxygens (including phenoxy) is 3. The molecular formula is C17H19NO3. The molecule has 2 aromatic rings. The number of nitrogens with one attached hydrogen (secondary N) is 1. The topological polar surface area (TPSA) is 39.7 Å². The van der Waals surface area contributed by atoms with Crippen molar-refractivity contribution in [3.63, 3.8) is 0 Å². The van der Waals surface area contributed by atoms with E-state index in [2.05, 4.69) is 24.4 Å². The van der Waals surface area contributed by atoms with E-state index in [0.717, 1.165) is 29.4 Å². The molecule has 1 N–H and O–H groups in total. The number of methoxy groups -OCH3 is 1. The second kappa shape index (κ2) is 6.06. The highest BCUT2D eigenvalue weighted by atomic mass is 16.7. The lowest BCUT2D eigenvalue weighted by Gasteiger charge is -2.16. The summed E-state index contributed by atoms with van der Waals surface area (Å²) in [5.74, 6) is 2.54. The van der Waals surface area contributed by atoms with Gasteiger partial charge in [-0.25, -0.2) is 0 Å². The number of hydrogen-bond donors (Lipinski definition) is 1. The predicted octanol–water partition coefficient (Wildman–Crippen LogP) is 3.27. The molecule has 3 rings (SSSR count). The molecule has 0 bridgehead atoms. The van der Waals surface area contributed by atoms with Gasteiger partial charge in [0.1, 0.15) is 5.75 Å². The minimum Gasteiger partial charge on any atom is -0.496 e. The molecule has 21 heavy (non-hydrogen) atoms. The fourth-order valence-corrected chi connectivity index (χ4v) is 2.41. The van der Waals surface area contributed by atoms with Crippen LogP contribution in [0.15, 0.2) is 42.5 Å². The predicted molar refractivity (Wildman–Crippen MR) is 80.8 cm³/mol. The standard InChI is InChI=1S/C17H19NO3/c1-12(13-7-8-16-17(9-13)21-11-20-16)18-10-14-5-3-4-6-15(14)19-2/h3-9,12,18H,10-11H2,1-2H3/t12-/m1/s1. The SMILES string of the molecule is COc1ccccc1CN[C@H](C)c1ccc2c(c1)OCO2. The maximum Gasteiger partial charge on any atom is 0.231 e. The molecule has 0 saturated heterocycles. The molecule has 4 heteroatoms. The molecule has 1 aliphatic heterocycles. The van der Waals surface area contributed by atoms with E-state index in [9.17, 15) is 0 Å². The van der Waals surface area contributed by atoms with Gasteiger partial charge in [-0.05, 0) is 30.7 Å². The Labute approximate surface area is 124 Å². The fraction of sp³-hybridized carbons (Fsp3) is 0.294. The van der Waals surface area contributed by atoms with Gasteiger partial charge in [-0.15, -0.1) is 0 Å². The third-order valence-corrected chi connectivity index (χ3v) is 3.69. The lowest BCUT2D eigenvalue weighted by Crippen LogP contribution is -2.18. The Hall–Kier alpha value is -2.20. The van der Waals surface area contributed by atoms with Crippen LogP contribution in [0.3, 0.4) is 0 Å². The largest absolute Gasteiger partial charge is 0.496 e. The summed E-state index contributed by atoms with van der Waals surface area (Å²) in [6.45, 7) is 3.19. The van der Waals surface area contributed by atoms with Gasteiger partial charge >= 0.3 is 0 Å². The third kappa shape index (κ3) is 2.95. The summed E-state index contributed by atoms with van der Waals surface area (Å²) in [5, 5.41) is 3.50. The highest BCUT2D eigenvalue weighted by Gasteiger charge is 2.15. The summed E-state index contributed by atoms with van der Waals surface area (Å²) in [6.07, 6.45) is 0. The van der Waals surface area contributed by atoms with Crippen LogP contribution in [0.1, 0.15) is 24.1 Å². The van der Waals surface area contributed by atoms with Gasteiger partial charge in [0, 0.05) is 18.2 Å². The Morgan fingerprint density at radius 2 is 1.95 bits per heavy atom. The van der Waals surface area contributed by atoms with Gasteiger partial charge in [-0.3, -0.25) is 0 Å².